The number of nitrogens with zero attached hydrogens (tertiary/aromatic N) is 3. The summed E-state index contributed by atoms with van der Waals surface area (Å²) in [6, 6.07) is 10.2. The molecule has 1 saturated heterocycles. The van der Waals surface area contributed by atoms with E-state index in [-0.39, 0.29) is 5.91 Å². The molecule has 0 aliphatic carbocycles. The third-order valence-corrected chi connectivity index (χ3v) is 4.52. The molecule has 0 saturated carbocycles. The first-order chi connectivity index (χ1) is 11.2. The first-order valence-electron chi connectivity index (χ1n) is 8.60. The Hall–Kier alpha value is -2.10. The van der Waals surface area contributed by atoms with Crippen molar-refractivity contribution in [3.05, 3.63) is 42.1 Å². The molecule has 3 rings (SSSR count). The van der Waals surface area contributed by atoms with Crippen molar-refractivity contribution in [2.45, 2.75) is 38.5 Å². The summed E-state index contributed by atoms with van der Waals surface area (Å²) in [5.41, 5.74) is 3.27. The lowest BCUT2D eigenvalue weighted by Crippen LogP contribution is -2.31. The molecule has 0 N–H and O–H groups in total. The second-order valence-corrected chi connectivity index (χ2v) is 6.34. The quantitative estimate of drug-likeness (QED) is 0.867. The van der Waals surface area contributed by atoms with Crippen LogP contribution in [0.5, 0.6) is 0 Å². The molecule has 122 valence electrons. The molecule has 1 aliphatic rings. The van der Waals surface area contributed by atoms with E-state index in [1.807, 2.05) is 41.0 Å². The van der Waals surface area contributed by atoms with Crippen LogP contribution in [0.15, 0.2) is 36.5 Å². The highest BCUT2D eigenvalue weighted by atomic mass is 16.2. The molecule has 4 heteroatoms. The lowest BCUT2D eigenvalue weighted by Gasteiger charge is -2.20. The molecule has 2 aromatic rings. The van der Waals surface area contributed by atoms with Gasteiger partial charge in [-0.05, 0) is 24.8 Å². The predicted molar refractivity (Wildman–Crippen MR) is 92.0 cm³/mol. The number of rotatable bonds is 4. The number of carbonyl (C=O) groups is 1. The van der Waals surface area contributed by atoms with E-state index in [1.165, 1.54) is 12.8 Å². The molecule has 1 amide bonds. The van der Waals surface area contributed by atoms with E-state index in [0.29, 0.717) is 6.42 Å². The first-order valence-corrected chi connectivity index (χ1v) is 8.60. The molecular formula is C19H25N3O. The summed E-state index contributed by atoms with van der Waals surface area (Å²) in [5.74, 6) is 0.287. The van der Waals surface area contributed by atoms with Gasteiger partial charge in [0.1, 0.15) is 0 Å². The van der Waals surface area contributed by atoms with Gasteiger partial charge in [0, 0.05) is 38.3 Å². The van der Waals surface area contributed by atoms with Crippen molar-refractivity contribution in [3.63, 3.8) is 0 Å². The van der Waals surface area contributed by atoms with E-state index in [4.69, 9.17) is 0 Å². The van der Waals surface area contributed by atoms with Gasteiger partial charge < -0.3 is 4.90 Å². The van der Waals surface area contributed by atoms with Crippen molar-refractivity contribution in [2.75, 3.05) is 13.1 Å². The van der Waals surface area contributed by atoms with Crippen molar-refractivity contribution in [1.29, 1.82) is 0 Å². The highest BCUT2D eigenvalue weighted by Crippen LogP contribution is 2.23. The van der Waals surface area contributed by atoms with Crippen LogP contribution >= 0.6 is 0 Å². The predicted octanol–water partition coefficient (Wildman–Crippen LogP) is 3.42. The number of hydrogen-bond donors (Lipinski definition) is 0. The molecule has 0 unspecified atom stereocenters. The molecule has 1 aromatic heterocycles. The molecule has 1 fully saturated rings. The number of amides is 1. The van der Waals surface area contributed by atoms with E-state index in [1.54, 1.807) is 0 Å². The number of carbonyl (C=O) groups excluding carboxylic acids is 1. The Morgan fingerprint density at radius 1 is 1.09 bits per heavy atom. The van der Waals surface area contributed by atoms with Gasteiger partial charge in [0.2, 0.25) is 5.91 Å². The Balaban J connectivity index is 1.67. The highest BCUT2D eigenvalue weighted by Gasteiger charge is 2.17. The Bertz CT molecular complexity index is 640. The molecule has 0 bridgehead atoms. The van der Waals surface area contributed by atoms with Gasteiger partial charge in [-0.1, -0.05) is 43.2 Å². The van der Waals surface area contributed by atoms with Crippen LogP contribution in [0, 0.1) is 0 Å². The number of aromatic nitrogens is 2. The molecule has 0 atom stereocenters. The summed E-state index contributed by atoms with van der Waals surface area (Å²) in [7, 11) is 1.94. The average Bonchev–Trinajstić information content (AvgIpc) is 2.77. The summed E-state index contributed by atoms with van der Waals surface area (Å²) >= 11 is 0. The highest BCUT2D eigenvalue weighted by molar-refractivity contribution is 5.77. The van der Waals surface area contributed by atoms with Gasteiger partial charge in [-0.2, -0.15) is 5.10 Å². The number of benzene rings is 1. The van der Waals surface area contributed by atoms with E-state index in [9.17, 15) is 4.79 Å². The monoisotopic (exact) mass is 311 g/mol. The van der Waals surface area contributed by atoms with E-state index in [0.717, 1.165) is 49.2 Å². The maximum atomic E-state index is 12.5. The summed E-state index contributed by atoms with van der Waals surface area (Å²) in [4.78, 5) is 14.5. The van der Waals surface area contributed by atoms with Crippen LogP contribution in [0.4, 0.5) is 0 Å². The summed E-state index contributed by atoms with van der Waals surface area (Å²) in [5, 5.41) is 4.58. The molecule has 4 nitrogen and oxygen atoms in total. The van der Waals surface area contributed by atoms with Crippen LogP contribution in [0.2, 0.25) is 0 Å². The van der Waals surface area contributed by atoms with Crippen molar-refractivity contribution >= 4 is 5.91 Å². The van der Waals surface area contributed by atoms with E-state index in [2.05, 4.69) is 17.2 Å². The Labute approximate surface area is 138 Å². The Morgan fingerprint density at radius 3 is 2.48 bits per heavy atom. The molecular weight excluding hydrogens is 286 g/mol. The molecule has 0 spiro atoms. The largest absolute Gasteiger partial charge is 0.343 e. The standard InChI is InChI=1S/C19H25N3O/c1-21-15-17(19(20-21)16-9-5-4-6-10-16)11-12-18(23)22-13-7-2-3-8-14-22/h4-6,9-10,15H,2-3,7-8,11-14H2,1H3. The third-order valence-electron chi connectivity index (χ3n) is 4.52. The summed E-state index contributed by atoms with van der Waals surface area (Å²) in [6.45, 7) is 1.86. The molecule has 1 aliphatic heterocycles. The lowest BCUT2D eigenvalue weighted by molar-refractivity contribution is -0.131. The molecule has 23 heavy (non-hydrogen) atoms. The maximum Gasteiger partial charge on any atom is 0.222 e. The fourth-order valence-electron chi connectivity index (χ4n) is 3.28. The van der Waals surface area contributed by atoms with Crippen molar-refractivity contribution in [3.8, 4) is 11.3 Å². The van der Waals surface area contributed by atoms with E-state index < -0.39 is 0 Å². The van der Waals surface area contributed by atoms with Crippen LogP contribution in [0.25, 0.3) is 11.3 Å². The normalized spacial score (nSPS) is 15.4. The fraction of sp³-hybridized carbons (Fsp3) is 0.474. The van der Waals surface area contributed by atoms with Crippen molar-refractivity contribution in [2.24, 2.45) is 7.05 Å². The second kappa shape index (κ2) is 7.44. The summed E-state index contributed by atoms with van der Waals surface area (Å²) < 4.78 is 1.84. The Morgan fingerprint density at radius 2 is 1.78 bits per heavy atom. The van der Waals surface area contributed by atoms with Gasteiger partial charge in [-0.15, -0.1) is 0 Å². The molecule has 1 aromatic carbocycles. The minimum Gasteiger partial charge on any atom is -0.343 e. The van der Waals surface area contributed by atoms with Crippen LogP contribution in [0.1, 0.15) is 37.7 Å². The molecule has 0 radical (unpaired) electrons. The van der Waals surface area contributed by atoms with Gasteiger partial charge in [0.15, 0.2) is 0 Å². The molecule has 2 heterocycles. The zero-order valence-electron chi connectivity index (χ0n) is 13.9. The minimum atomic E-state index is 0.287. The van der Waals surface area contributed by atoms with Gasteiger partial charge >= 0.3 is 0 Å². The number of hydrogen-bond acceptors (Lipinski definition) is 2. The summed E-state index contributed by atoms with van der Waals surface area (Å²) in [6.07, 6.45) is 8.17. The van der Waals surface area contributed by atoms with Crippen LogP contribution in [-0.4, -0.2) is 33.7 Å². The van der Waals surface area contributed by atoms with Crippen molar-refractivity contribution in [1.82, 2.24) is 14.7 Å². The fourth-order valence-corrected chi connectivity index (χ4v) is 3.28. The second-order valence-electron chi connectivity index (χ2n) is 6.34. The van der Waals surface area contributed by atoms with Crippen LogP contribution in [-0.2, 0) is 18.3 Å². The van der Waals surface area contributed by atoms with Crippen LogP contribution in [0.3, 0.4) is 0 Å². The van der Waals surface area contributed by atoms with Gasteiger partial charge in [0.25, 0.3) is 0 Å². The van der Waals surface area contributed by atoms with Gasteiger partial charge in [0.05, 0.1) is 5.69 Å². The lowest BCUT2D eigenvalue weighted by atomic mass is 10.0. The van der Waals surface area contributed by atoms with Gasteiger partial charge in [-0.25, -0.2) is 0 Å². The SMILES string of the molecule is Cn1cc(CCC(=O)N2CCCCCC2)c(-c2ccccc2)n1. The van der Waals surface area contributed by atoms with Crippen LogP contribution < -0.4 is 0 Å². The average molecular weight is 311 g/mol. The van der Waals surface area contributed by atoms with Crippen molar-refractivity contribution < 1.29 is 4.79 Å². The number of likely N-dealkylation sites (tertiary alicyclic amines) is 1. The minimum absolute atomic E-state index is 0.287. The smallest absolute Gasteiger partial charge is 0.222 e. The number of aryl methyl sites for hydroxylation is 2. The topological polar surface area (TPSA) is 38.1 Å². The first kappa shape index (κ1) is 15.8. The zero-order chi connectivity index (χ0) is 16.1. The van der Waals surface area contributed by atoms with Gasteiger partial charge in [-0.3, -0.25) is 9.48 Å². The maximum absolute atomic E-state index is 12.5. The zero-order valence-corrected chi connectivity index (χ0v) is 13.9. The Kier molecular flexibility index (Phi) is 5.11. The third kappa shape index (κ3) is 4.01. The van der Waals surface area contributed by atoms with E-state index >= 15 is 0 Å².